The Morgan fingerprint density at radius 2 is 1.90 bits per heavy atom. The summed E-state index contributed by atoms with van der Waals surface area (Å²) in [4.78, 5) is 0. The van der Waals surface area contributed by atoms with Crippen molar-refractivity contribution in [1.29, 1.82) is 0 Å². The molecule has 1 fully saturated rings. The zero-order chi connectivity index (χ0) is 14.6. The molecule has 1 aliphatic carbocycles. The van der Waals surface area contributed by atoms with Crippen molar-refractivity contribution >= 4 is 10.0 Å². The third-order valence-electron chi connectivity index (χ3n) is 3.63. The van der Waals surface area contributed by atoms with Gasteiger partial charge in [-0.05, 0) is 31.2 Å². The third-order valence-corrected chi connectivity index (χ3v) is 5.10. The van der Waals surface area contributed by atoms with Crippen LogP contribution in [-0.4, -0.2) is 27.3 Å². The van der Waals surface area contributed by atoms with Crippen molar-refractivity contribution < 1.29 is 8.42 Å². The summed E-state index contributed by atoms with van der Waals surface area (Å²) in [7, 11) is -3.13. The van der Waals surface area contributed by atoms with Gasteiger partial charge in [0.25, 0.3) is 0 Å². The normalized spacial score (nSPS) is 17.1. The molecule has 1 unspecified atom stereocenters. The van der Waals surface area contributed by atoms with Gasteiger partial charge in [0, 0.05) is 19.1 Å². The number of hydrogen-bond donors (Lipinski definition) is 2. The molecule has 0 spiro atoms. The Morgan fingerprint density at radius 1 is 1.25 bits per heavy atom. The van der Waals surface area contributed by atoms with Crippen LogP contribution in [0, 0.1) is 12.8 Å². The monoisotopic (exact) mass is 296 g/mol. The molecule has 0 amide bonds. The molecule has 1 aromatic carbocycles. The van der Waals surface area contributed by atoms with Gasteiger partial charge in [-0.3, -0.25) is 0 Å². The highest BCUT2D eigenvalue weighted by Crippen LogP contribution is 2.40. The van der Waals surface area contributed by atoms with Gasteiger partial charge in [-0.2, -0.15) is 0 Å². The zero-order valence-corrected chi connectivity index (χ0v) is 13.0. The molecule has 0 aromatic heterocycles. The van der Waals surface area contributed by atoms with Crippen molar-refractivity contribution in [3.05, 3.63) is 35.4 Å². The molecule has 1 aromatic rings. The second-order valence-corrected chi connectivity index (χ2v) is 7.42. The predicted molar refractivity (Wildman–Crippen MR) is 82.1 cm³/mol. The third kappa shape index (κ3) is 4.58. The van der Waals surface area contributed by atoms with E-state index in [-0.39, 0.29) is 11.8 Å². The van der Waals surface area contributed by atoms with Gasteiger partial charge >= 0.3 is 0 Å². The van der Waals surface area contributed by atoms with Crippen LogP contribution in [0.15, 0.2) is 24.3 Å². The van der Waals surface area contributed by atoms with Gasteiger partial charge in [0.2, 0.25) is 10.0 Å². The van der Waals surface area contributed by atoms with E-state index in [0.29, 0.717) is 19.0 Å². The summed E-state index contributed by atoms with van der Waals surface area (Å²) in [6, 6.07) is 8.80. The van der Waals surface area contributed by atoms with Crippen molar-refractivity contribution in [1.82, 2.24) is 10.0 Å². The van der Waals surface area contributed by atoms with Crippen molar-refractivity contribution in [3.63, 3.8) is 0 Å². The standard InChI is InChI=1S/C15H24N2O2S/c1-3-17-20(18,19)11-10-16-15(14-8-9-14)13-6-4-12(2)5-7-13/h4-7,14-17H,3,8-11H2,1-2H3. The van der Waals surface area contributed by atoms with E-state index in [9.17, 15) is 8.42 Å². The van der Waals surface area contributed by atoms with E-state index in [1.165, 1.54) is 24.0 Å². The molecule has 1 atom stereocenters. The smallest absolute Gasteiger partial charge is 0.212 e. The predicted octanol–water partition coefficient (Wildman–Crippen LogP) is 1.98. The highest BCUT2D eigenvalue weighted by Gasteiger charge is 2.32. The van der Waals surface area contributed by atoms with Gasteiger partial charge in [-0.25, -0.2) is 13.1 Å². The molecule has 0 bridgehead atoms. The fourth-order valence-corrected chi connectivity index (χ4v) is 3.37. The molecule has 2 N–H and O–H groups in total. The lowest BCUT2D eigenvalue weighted by Gasteiger charge is -2.19. The second kappa shape index (κ2) is 6.70. The molecule has 1 aliphatic rings. The maximum atomic E-state index is 11.6. The van der Waals surface area contributed by atoms with Crippen LogP contribution in [0.1, 0.15) is 36.9 Å². The molecular formula is C15H24N2O2S. The van der Waals surface area contributed by atoms with E-state index in [2.05, 4.69) is 41.2 Å². The molecule has 0 heterocycles. The minimum Gasteiger partial charge on any atom is -0.309 e. The first kappa shape index (κ1) is 15.5. The SMILES string of the molecule is CCNS(=O)(=O)CCNC(c1ccc(C)cc1)C1CC1. The van der Waals surface area contributed by atoms with Crippen LogP contribution >= 0.6 is 0 Å². The molecule has 20 heavy (non-hydrogen) atoms. The van der Waals surface area contributed by atoms with Crippen LogP contribution in [0.5, 0.6) is 0 Å². The Morgan fingerprint density at radius 3 is 2.45 bits per heavy atom. The van der Waals surface area contributed by atoms with E-state index >= 15 is 0 Å². The van der Waals surface area contributed by atoms with Gasteiger partial charge in [-0.15, -0.1) is 0 Å². The largest absolute Gasteiger partial charge is 0.309 e. The number of nitrogens with one attached hydrogen (secondary N) is 2. The van der Waals surface area contributed by atoms with Crippen LogP contribution in [0.3, 0.4) is 0 Å². The fourth-order valence-electron chi connectivity index (χ4n) is 2.40. The van der Waals surface area contributed by atoms with E-state index in [1.54, 1.807) is 6.92 Å². The first-order valence-electron chi connectivity index (χ1n) is 7.29. The maximum Gasteiger partial charge on any atom is 0.212 e. The number of benzene rings is 1. The average Bonchev–Trinajstić information content (AvgIpc) is 3.20. The Bertz CT molecular complexity index is 521. The minimum absolute atomic E-state index is 0.135. The number of aryl methyl sites for hydroxylation is 1. The first-order chi connectivity index (χ1) is 9.52. The van der Waals surface area contributed by atoms with Gasteiger partial charge in [-0.1, -0.05) is 36.8 Å². The van der Waals surface area contributed by atoms with Gasteiger partial charge in [0.05, 0.1) is 5.75 Å². The molecule has 0 saturated heterocycles. The molecule has 112 valence electrons. The lowest BCUT2D eigenvalue weighted by atomic mass is 10.0. The Balaban J connectivity index is 1.92. The van der Waals surface area contributed by atoms with E-state index in [1.807, 2.05) is 0 Å². The molecule has 2 rings (SSSR count). The molecule has 4 nitrogen and oxygen atoms in total. The van der Waals surface area contributed by atoms with E-state index in [0.717, 1.165) is 0 Å². The summed E-state index contributed by atoms with van der Waals surface area (Å²) in [6.07, 6.45) is 2.46. The Kier molecular flexibility index (Phi) is 5.18. The van der Waals surface area contributed by atoms with Crippen molar-refractivity contribution in [3.8, 4) is 0 Å². The van der Waals surface area contributed by atoms with E-state index < -0.39 is 10.0 Å². The van der Waals surface area contributed by atoms with E-state index in [4.69, 9.17) is 0 Å². The van der Waals surface area contributed by atoms with Crippen LogP contribution < -0.4 is 10.0 Å². The average molecular weight is 296 g/mol. The van der Waals surface area contributed by atoms with Gasteiger partial charge in [0.1, 0.15) is 0 Å². The quantitative estimate of drug-likeness (QED) is 0.771. The lowest BCUT2D eigenvalue weighted by Crippen LogP contribution is -2.34. The molecule has 0 radical (unpaired) electrons. The summed E-state index contributed by atoms with van der Waals surface area (Å²) in [5.41, 5.74) is 2.51. The highest BCUT2D eigenvalue weighted by molar-refractivity contribution is 7.89. The number of sulfonamides is 1. The van der Waals surface area contributed by atoms with Crippen LogP contribution in [-0.2, 0) is 10.0 Å². The summed E-state index contributed by atoms with van der Waals surface area (Å²) < 4.78 is 25.8. The Hall–Kier alpha value is -0.910. The summed E-state index contributed by atoms with van der Waals surface area (Å²) in [6.45, 7) is 4.81. The summed E-state index contributed by atoms with van der Waals surface area (Å²) >= 11 is 0. The first-order valence-corrected chi connectivity index (χ1v) is 8.94. The van der Waals surface area contributed by atoms with Crippen molar-refractivity contribution in [2.24, 2.45) is 5.92 Å². The van der Waals surface area contributed by atoms with Crippen molar-refractivity contribution in [2.45, 2.75) is 32.7 Å². The molecular weight excluding hydrogens is 272 g/mol. The summed E-state index contributed by atoms with van der Waals surface area (Å²) in [5, 5.41) is 3.41. The number of hydrogen-bond acceptors (Lipinski definition) is 3. The number of rotatable bonds is 8. The molecule has 1 saturated carbocycles. The van der Waals surface area contributed by atoms with Crippen LogP contribution in [0.4, 0.5) is 0 Å². The highest BCUT2D eigenvalue weighted by atomic mass is 32.2. The van der Waals surface area contributed by atoms with Crippen LogP contribution in [0.25, 0.3) is 0 Å². The van der Waals surface area contributed by atoms with Gasteiger partial charge < -0.3 is 5.32 Å². The van der Waals surface area contributed by atoms with Crippen molar-refractivity contribution in [2.75, 3.05) is 18.8 Å². The lowest BCUT2D eigenvalue weighted by molar-refractivity contribution is 0.492. The fraction of sp³-hybridized carbons (Fsp3) is 0.600. The molecule has 0 aliphatic heterocycles. The second-order valence-electron chi connectivity index (χ2n) is 5.50. The zero-order valence-electron chi connectivity index (χ0n) is 12.2. The Labute approximate surface area is 122 Å². The topological polar surface area (TPSA) is 58.2 Å². The molecule has 5 heteroatoms. The van der Waals surface area contributed by atoms with Gasteiger partial charge in [0.15, 0.2) is 0 Å². The maximum absolute atomic E-state index is 11.6. The summed E-state index contributed by atoms with van der Waals surface area (Å²) in [5.74, 6) is 0.787. The minimum atomic E-state index is -3.13. The van der Waals surface area contributed by atoms with Crippen LogP contribution in [0.2, 0.25) is 0 Å².